The SMILES string of the molecule is CC1(c2nc3ccc(Cl)cc3s2)CCCCN1. The van der Waals surface area contributed by atoms with E-state index in [0.29, 0.717) is 0 Å². The van der Waals surface area contributed by atoms with Gasteiger partial charge < -0.3 is 5.32 Å². The number of halogens is 1. The van der Waals surface area contributed by atoms with Crippen molar-refractivity contribution in [3.8, 4) is 0 Å². The molecule has 1 atom stereocenters. The Labute approximate surface area is 110 Å². The Kier molecular flexibility index (Phi) is 2.85. The van der Waals surface area contributed by atoms with E-state index in [4.69, 9.17) is 16.6 Å². The van der Waals surface area contributed by atoms with Crippen molar-refractivity contribution < 1.29 is 0 Å². The highest BCUT2D eigenvalue weighted by molar-refractivity contribution is 7.18. The van der Waals surface area contributed by atoms with Gasteiger partial charge in [0, 0.05) is 5.02 Å². The molecule has 4 heteroatoms. The van der Waals surface area contributed by atoms with Crippen LogP contribution in [-0.2, 0) is 5.54 Å². The minimum Gasteiger partial charge on any atom is -0.306 e. The number of piperidine rings is 1. The number of hydrogen-bond donors (Lipinski definition) is 1. The van der Waals surface area contributed by atoms with Crippen LogP contribution in [0, 0.1) is 0 Å². The molecule has 90 valence electrons. The van der Waals surface area contributed by atoms with Gasteiger partial charge in [-0.05, 0) is 50.9 Å². The van der Waals surface area contributed by atoms with Crippen LogP contribution in [0.25, 0.3) is 10.2 Å². The first-order valence-corrected chi connectivity index (χ1v) is 7.18. The maximum absolute atomic E-state index is 6.01. The molecule has 17 heavy (non-hydrogen) atoms. The molecule has 2 nitrogen and oxygen atoms in total. The molecule has 0 amide bonds. The Morgan fingerprint density at radius 1 is 1.41 bits per heavy atom. The highest BCUT2D eigenvalue weighted by Crippen LogP contribution is 2.35. The summed E-state index contributed by atoms with van der Waals surface area (Å²) < 4.78 is 1.18. The number of thiazole rings is 1. The van der Waals surface area contributed by atoms with Crippen LogP contribution in [-0.4, -0.2) is 11.5 Å². The van der Waals surface area contributed by atoms with E-state index in [9.17, 15) is 0 Å². The van der Waals surface area contributed by atoms with Gasteiger partial charge in [0.05, 0.1) is 15.8 Å². The van der Waals surface area contributed by atoms with Gasteiger partial charge in [-0.15, -0.1) is 11.3 Å². The molecule has 0 saturated carbocycles. The van der Waals surface area contributed by atoms with Crippen molar-refractivity contribution in [2.75, 3.05) is 6.54 Å². The van der Waals surface area contributed by atoms with E-state index in [0.717, 1.165) is 17.1 Å². The van der Waals surface area contributed by atoms with Gasteiger partial charge in [0.15, 0.2) is 0 Å². The third-order valence-electron chi connectivity index (χ3n) is 3.44. The van der Waals surface area contributed by atoms with Crippen LogP contribution in [0.4, 0.5) is 0 Å². The summed E-state index contributed by atoms with van der Waals surface area (Å²) in [6.45, 7) is 3.35. The van der Waals surface area contributed by atoms with E-state index in [1.165, 1.54) is 29.0 Å². The summed E-state index contributed by atoms with van der Waals surface area (Å²) in [5.74, 6) is 0. The molecule has 0 radical (unpaired) electrons. The molecular weight excluding hydrogens is 252 g/mol. The lowest BCUT2D eigenvalue weighted by molar-refractivity contribution is 0.283. The molecular formula is C13H15ClN2S. The fourth-order valence-corrected chi connectivity index (χ4v) is 3.77. The van der Waals surface area contributed by atoms with Crippen molar-refractivity contribution in [3.63, 3.8) is 0 Å². The van der Waals surface area contributed by atoms with Crippen molar-refractivity contribution in [1.82, 2.24) is 10.3 Å². The van der Waals surface area contributed by atoms with Gasteiger partial charge in [0.2, 0.25) is 0 Å². The molecule has 0 aliphatic carbocycles. The second kappa shape index (κ2) is 4.23. The molecule has 1 saturated heterocycles. The third-order valence-corrected chi connectivity index (χ3v) is 4.96. The maximum atomic E-state index is 6.01. The molecule has 2 aromatic rings. The van der Waals surface area contributed by atoms with E-state index in [-0.39, 0.29) is 5.54 Å². The maximum Gasteiger partial charge on any atom is 0.114 e. The van der Waals surface area contributed by atoms with Gasteiger partial charge in [-0.2, -0.15) is 0 Å². The Balaban J connectivity index is 2.05. The average Bonchev–Trinajstić information content (AvgIpc) is 2.73. The van der Waals surface area contributed by atoms with Gasteiger partial charge in [0.25, 0.3) is 0 Å². The van der Waals surface area contributed by atoms with Crippen molar-refractivity contribution in [3.05, 3.63) is 28.2 Å². The van der Waals surface area contributed by atoms with E-state index >= 15 is 0 Å². The Hall–Kier alpha value is -0.640. The molecule has 1 unspecified atom stereocenters. The Bertz CT molecular complexity index is 543. The largest absolute Gasteiger partial charge is 0.306 e. The first-order valence-electron chi connectivity index (χ1n) is 5.99. The minimum absolute atomic E-state index is 0.0500. The second-order valence-electron chi connectivity index (χ2n) is 4.85. The van der Waals surface area contributed by atoms with Crippen molar-refractivity contribution in [2.24, 2.45) is 0 Å². The summed E-state index contributed by atoms with van der Waals surface area (Å²) >= 11 is 7.77. The summed E-state index contributed by atoms with van der Waals surface area (Å²) in [5.41, 5.74) is 1.11. The predicted octanol–water partition coefficient (Wildman–Crippen LogP) is 3.94. The highest BCUT2D eigenvalue weighted by atomic mass is 35.5. The number of hydrogen-bond acceptors (Lipinski definition) is 3. The third kappa shape index (κ3) is 2.07. The summed E-state index contributed by atoms with van der Waals surface area (Å²) in [6.07, 6.45) is 3.72. The lowest BCUT2D eigenvalue weighted by atomic mass is 9.92. The lowest BCUT2D eigenvalue weighted by Crippen LogP contribution is -2.43. The van der Waals surface area contributed by atoms with Gasteiger partial charge in [0.1, 0.15) is 5.01 Å². The summed E-state index contributed by atoms with van der Waals surface area (Å²) in [7, 11) is 0. The summed E-state index contributed by atoms with van der Waals surface area (Å²) in [4.78, 5) is 4.75. The van der Waals surface area contributed by atoms with Gasteiger partial charge in [-0.1, -0.05) is 11.6 Å². The number of rotatable bonds is 1. The smallest absolute Gasteiger partial charge is 0.114 e. The second-order valence-corrected chi connectivity index (χ2v) is 6.31. The molecule has 3 rings (SSSR count). The Morgan fingerprint density at radius 2 is 2.29 bits per heavy atom. The van der Waals surface area contributed by atoms with Gasteiger partial charge in [-0.25, -0.2) is 4.98 Å². The molecule has 1 N–H and O–H groups in total. The number of benzene rings is 1. The lowest BCUT2D eigenvalue weighted by Gasteiger charge is -2.32. The van der Waals surface area contributed by atoms with E-state index in [1.54, 1.807) is 11.3 Å². The number of fused-ring (bicyclic) bond motifs is 1. The van der Waals surface area contributed by atoms with Crippen LogP contribution < -0.4 is 5.32 Å². The first-order chi connectivity index (χ1) is 8.17. The van der Waals surface area contributed by atoms with E-state index < -0.39 is 0 Å². The van der Waals surface area contributed by atoms with Crippen molar-refractivity contribution in [2.45, 2.75) is 31.7 Å². The van der Waals surface area contributed by atoms with Crippen LogP contribution in [0.1, 0.15) is 31.2 Å². The molecule has 2 heterocycles. The Morgan fingerprint density at radius 3 is 3.06 bits per heavy atom. The topological polar surface area (TPSA) is 24.9 Å². The standard InChI is InChI=1S/C13H15ClN2S/c1-13(6-2-3-7-15-13)12-16-10-5-4-9(14)8-11(10)17-12/h4-5,8,15H,2-3,6-7H2,1H3. The van der Waals surface area contributed by atoms with Crippen LogP contribution >= 0.6 is 22.9 Å². The quantitative estimate of drug-likeness (QED) is 0.846. The number of nitrogens with zero attached hydrogens (tertiary/aromatic N) is 1. The number of aromatic nitrogens is 1. The zero-order valence-electron chi connectivity index (χ0n) is 9.79. The van der Waals surface area contributed by atoms with Crippen molar-refractivity contribution in [1.29, 1.82) is 0 Å². The van der Waals surface area contributed by atoms with Gasteiger partial charge >= 0.3 is 0 Å². The van der Waals surface area contributed by atoms with Gasteiger partial charge in [-0.3, -0.25) is 0 Å². The fourth-order valence-electron chi connectivity index (χ4n) is 2.37. The molecule has 1 aliphatic heterocycles. The molecule has 1 fully saturated rings. The zero-order valence-corrected chi connectivity index (χ0v) is 11.4. The molecule has 1 aromatic carbocycles. The van der Waals surface area contributed by atoms with Crippen molar-refractivity contribution >= 4 is 33.2 Å². The fraction of sp³-hybridized carbons (Fsp3) is 0.462. The summed E-state index contributed by atoms with van der Waals surface area (Å²) in [6, 6.07) is 5.91. The molecule has 0 bridgehead atoms. The molecule has 1 aliphatic rings. The number of nitrogens with one attached hydrogen (secondary N) is 1. The van der Waals surface area contributed by atoms with E-state index in [1.807, 2.05) is 18.2 Å². The predicted molar refractivity (Wildman–Crippen MR) is 73.8 cm³/mol. The van der Waals surface area contributed by atoms with Crippen LogP contribution in [0.15, 0.2) is 18.2 Å². The first kappa shape index (κ1) is 11.5. The molecule has 1 aromatic heterocycles. The van der Waals surface area contributed by atoms with E-state index in [2.05, 4.69) is 12.2 Å². The normalized spacial score (nSPS) is 25.3. The minimum atomic E-state index is 0.0500. The van der Waals surface area contributed by atoms with Crippen LogP contribution in [0.2, 0.25) is 5.02 Å². The monoisotopic (exact) mass is 266 g/mol. The highest BCUT2D eigenvalue weighted by Gasteiger charge is 2.31. The van der Waals surface area contributed by atoms with Crippen LogP contribution in [0.3, 0.4) is 0 Å². The zero-order chi connectivity index (χ0) is 11.9. The van der Waals surface area contributed by atoms with Crippen LogP contribution in [0.5, 0.6) is 0 Å². The summed E-state index contributed by atoms with van der Waals surface area (Å²) in [5, 5.41) is 5.58. The molecule has 0 spiro atoms. The average molecular weight is 267 g/mol.